The Hall–Kier alpha value is -2.94. The van der Waals surface area contributed by atoms with Crippen LogP contribution in [0, 0.1) is 12.0 Å². The van der Waals surface area contributed by atoms with Crippen LogP contribution in [0.15, 0.2) is 54.6 Å². The van der Waals surface area contributed by atoms with Crippen LogP contribution in [0.1, 0.15) is 22.7 Å². The van der Waals surface area contributed by atoms with Gasteiger partial charge in [-0.15, -0.1) is 0 Å². The average Bonchev–Trinajstić information content (AvgIpc) is 2.94. The molecule has 1 fully saturated rings. The van der Waals surface area contributed by atoms with E-state index in [9.17, 15) is 18.0 Å². The van der Waals surface area contributed by atoms with Gasteiger partial charge in [0.2, 0.25) is 0 Å². The Morgan fingerprint density at radius 3 is 2.33 bits per heavy atom. The number of ether oxygens (including phenoxy) is 1. The Bertz CT molecular complexity index is 789. The lowest BCUT2D eigenvalue weighted by Crippen LogP contribution is -2.22. The molecule has 1 saturated heterocycles. The molecule has 6 heteroatoms. The minimum atomic E-state index is -4.39. The largest absolute Gasteiger partial charge is 0.446 e. The van der Waals surface area contributed by atoms with Crippen molar-refractivity contribution in [2.45, 2.75) is 12.2 Å². The maximum absolute atomic E-state index is 12.5. The standard InChI is InChI=1S/C18H12F3NO2/c19-18(20,21)15-8-6-13(7-9-15)10-11-22-16(12-24-17(22)23)14-4-2-1-3-5-14/h1-9,16H,12H2. The summed E-state index contributed by atoms with van der Waals surface area (Å²) in [6, 6.07) is 16.1. The van der Waals surface area contributed by atoms with Gasteiger partial charge in [-0.1, -0.05) is 30.3 Å². The fourth-order valence-corrected chi connectivity index (χ4v) is 2.33. The molecule has 1 amide bonds. The first kappa shape index (κ1) is 15.9. The van der Waals surface area contributed by atoms with E-state index in [1.807, 2.05) is 30.3 Å². The number of hydrogen-bond donors (Lipinski definition) is 0. The second-order valence-corrected chi connectivity index (χ2v) is 5.19. The summed E-state index contributed by atoms with van der Waals surface area (Å²) >= 11 is 0. The predicted molar refractivity (Wildman–Crippen MR) is 80.7 cm³/mol. The summed E-state index contributed by atoms with van der Waals surface area (Å²) in [5, 5.41) is 0. The molecule has 0 saturated carbocycles. The number of carbonyl (C=O) groups excluding carboxylic acids is 1. The van der Waals surface area contributed by atoms with E-state index in [4.69, 9.17) is 4.74 Å². The first-order valence-corrected chi connectivity index (χ1v) is 7.15. The lowest BCUT2D eigenvalue weighted by atomic mass is 10.1. The smallest absolute Gasteiger partial charge is 0.422 e. The van der Waals surface area contributed by atoms with Crippen molar-refractivity contribution in [3.63, 3.8) is 0 Å². The Kier molecular flexibility index (Phi) is 4.17. The molecule has 2 aromatic carbocycles. The zero-order chi connectivity index (χ0) is 17.2. The van der Waals surface area contributed by atoms with Crippen LogP contribution >= 0.6 is 0 Å². The van der Waals surface area contributed by atoms with Crippen LogP contribution in [0.4, 0.5) is 18.0 Å². The number of benzene rings is 2. The van der Waals surface area contributed by atoms with Gasteiger partial charge in [0.25, 0.3) is 0 Å². The molecular weight excluding hydrogens is 319 g/mol. The summed E-state index contributed by atoms with van der Waals surface area (Å²) in [4.78, 5) is 13.1. The summed E-state index contributed by atoms with van der Waals surface area (Å²) in [6.45, 7) is 0.185. The fourth-order valence-electron chi connectivity index (χ4n) is 2.33. The molecule has 1 atom stereocenters. The molecule has 0 spiro atoms. The number of cyclic esters (lactones) is 1. The van der Waals surface area contributed by atoms with Gasteiger partial charge in [-0.2, -0.15) is 13.2 Å². The molecule has 1 aliphatic heterocycles. The van der Waals surface area contributed by atoms with Gasteiger partial charge < -0.3 is 4.74 Å². The van der Waals surface area contributed by atoms with E-state index in [1.54, 1.807) is 0 Å². The highest BCUT2D eigenvalue weighted by Gasteiger charge is 2.33. The third-order valence-corrected chi connectivity index (χ3v) is 3.59. The van der Waals surface area contributed by atoms with Crippen LogP contribution in [0.3, 0.4) is 0 Å². The first-order valence-electron chi connectivity index (χ1n) is 7.15. The Morgan fingerprint density at radius 1 is 1.04 bits per heavy atom. The van der Waals surface area contributed by atoms with Gasteiger partial charge in [0.1, 0.15) is 12.6 Å². The normalized spacial score (nSPS) is 17.2. The van der Waals surface area contributed by atoms with Crippen LogP contribution in [-0.4, -0.2) is 17.6 Å². The molecule has 2 aromatic rings. The van der Waals surface area contributed by atoms with Gasteiger partial charge >= 0.3 is 12.3 Å². The lowest BCUT2D eigenvalue weighted by molar-refractivity contribution is -0.137. The summed E-state index contributed by atoms with van der Waals surface area (Å²) in [7, 11) is 0. The molecule has 0 bridgehead atoms. The molecule has 1 aliphatic rings. The number of amides is 1. The molecule has 0 aliphatic carbocycles. The van der Waals surface area contributed by atoms with Gasteiger partial charge in [-0.3, -0.25) is 0 Å². The van der Waals surface area contributed by atoms with E-state index in [2.05, 4.69) is 12.0 Å². The number of halogens is 3. The quantitative estimate of drug-likeness (QED) is 0.733. The van der Waals surface area contributed by atoms with Crippen molar-refractivity contribution in [2.24, 2.45) is 0 Å². The molecule has 0 radical (unpaired) electrons. The molecule has 1 heterocycles. The van der Waals surface area contributed by atoms with Crippen molar-refractivity contribution < 1.29 is 22.7 Å². The van der Waals surface area contributed by atoms with E-state index in [-0.39, 0.29) is 12.6 Å². The van der Waals surface area contributed by atoms with Gasteiger partial charge in [0.05, 0.1) is 5.56 Å². The predicted octanol–water partition coefficient (Wildman–Crippen LogP) is 4.21. The summed E-state index contributed by atoms with van der Waals surface area (Å²) in [5.74, 6) is 2.70. The number of alkyl halides is 3. The van der Waals surface area contributed by atoms with Gasteiger partial charge in [0.15, 0.2) is 0 Å². The monoisotopic (exact) mass is 331 g/mol. The fraction of sp³-hybridized carbons (Fsp3) is 0.167. The highest BCUT2D eigenvalue weighted by atomic mass is 19.4. The van der Waals surface area contributed by atoms with E-state index in [0.29, 0.717) is 5.56 Å². The maximum atomic E-state index is 12.5. The lowest BCUT2D eigenvalue weighted by Gasteiger charge is -2.14. The number of rotatable bonds is 1. The Labute approximate surface area is 136 Å². The van der Waals surface area contributed by atoms with Crippen molar-refractivity contribution in [1.82, 2.24) is 4.90 Å². The molecule has 0 aromatic heterocycles. The van der Waals surface area contributed by atoms with Crippen molar-refractivity contribution in [1.29, 1.82) is 0 Å². The molecule has 1 unspecified atom stereocenters. The zero-order valence-corrected chi connectivity index (χ0v) is 12.4. The summed E-state index contributed by atoms with van der Waals surface area (Å²) < 4.78 is 42.6. The van der Waals surface area contributed by atoms with E-state index >= 15 is 0 Å². The van der Waals surface area contributed by atoms with Crippen LogP contribution < -0.4 is 0 Å². The third-order valence-electron chi connectivity index (χ3n) is 3.59. The van der Waals surface area contributed by atoms with E-state index < -0.39 is 17.8 Å². The van der Waals surface area contributed by atoms with E-state index in [1.165, 1.54) is 17.0 Å². The molecule has 24 heavy (non-hydrogen) atoms. The second-order valence-electron chi connectivity index (χ2n) is 5.19. The highest BCUT2D eigenvalue weighted by molar-refractivity contribution is 5.73. The summed E-state index contributed by atoms with van der Waals surface area (Å²) in [5.41, 5.74) is 0.523. The van der Waals surface area contributed by atoms with Gasteiger partial charge in [0, 0.05) is 11.6 Å². The number of hydrogen-bond acceptors (Lipinski definition) is 2. The Balaban J connectivity index is 1.82. The van der Waals surface area contributed by atoms with Crippen molar-refractivity contribution >= 4 is 6.09 Å². The average molecular weight is 331 g/mol. The van der Waals surface area contributed by atoms with Crippen molar-refractivity contribution in [2.75, 3.05) is 6.61 Å². The first-order chi connectivity index (χ1) is 11.4. The second kappa shape index (κ2) is 6.28. The van der Waals surface area contributed by atoms with Crippen molar-refractivity contribution in [3.8, 4) is 12.0 Å². The molecule has 0 N–H and O–H groups in total. The van der Waals surface area contributed by atoms with Gasteiger partial charge in [-0.05, 0) is 35.7 Å². The van der Waals surface area contributed by atoms with Crippen LogP contribution in [0.5, 0.6) is 0 Å². The van der Waals surface area contributed by atoms with Gasteiger partial charge in [-0.25, -0.2) is 9.69 Å². The van der Waals surface area contributed by atoms with Crippen LogP contribution in [-0.2, 0) is 10.9 Å². The summed E-state index contributed by atoms with van der Waals surface area (Å²) in [6.07, 6.45) is -4.95. The Morgan fingerprint density at radius 2 is 1.71 bits per heavy atom. The topological polar surface area (TPSA) is 29.5 Å². The number of carbonyl (C=O) groups is 1. The minimum absolute atomic E-state index is 0.185. The van der Waals surface area contributed by atoms with Crippen molar-refractivity contribution in [3.05, 3.63) is 71.3 Å². The molecule has 3 rings (SSSR count). The molecular formula is C18H12F3NO2. The highest BCUT2D eigenvalue weighted by Crippen LogP contribution is 2.29. The SMILES string of the molecule is O=C1OCC(c2ccccc2)N1C#Cc1ccc(C(F)(F)F)cc1. The third kappa shape index (κ3) is 3.35. The van der Waals surface area contributed by atoms with Crippen LogP contribution in [0.2, 0.25) is 0 Å². The molecule has 122 valence electrons. The van der Waals surface area contributed by atoms with E-state index in [0.717, 1.165) is 17.7 Å². The van der Waals surface area contributed by atoms with Crippen LogP contribution in [0.25, 0.3) is 0 Å². The number of nitrogens with zero attached hydrogens (tertiary/aromatic N) is 1. The maximum Gasteiger partial charge on any atom is 0.422 e. The minimum Gasteiger partial charge on any atom is -0.446 e. The zero-order valence-electron chi connectivity index (χ0n) is 12.4. The molecule has 3 nitrogen and oxygen atoms in total.